The summed E-state index contributed by atoms with van der Waals surface area (Å²) < 4.78 is 11.0. The van der Waals surface area contributed by atoms with Gasteiger partial charge in [-0.2, -0.15) is 0 Å². The van der Waals surface area contributed by atoms with Crippen molar-refractivity contribution in [2.45, 2.75) is 20.0 Å². The van der Waals surface area contributed by atoms with Crippen LogP contribution in [0.5, 0.6) is 5.75 Å². The van der Waals surface area contributed by atoms with Crippen LogP contribution in [-0.4, -0.2) is 34.8 Å². The number of nitrogens with one attached hydrogen (secondary N) is 1. The summed E-state index contributed by atoms with van der Waals surface area (Å²) >= 11 is 0. The fourth-order valence-corrected chi connectivity index (χ4v) is 3.24. The Morgan fingerprint density at radius 1 is 1.17 bits per heavy atom. The van der Waals surface area contributed by atoms with Crippen LogP contribution in [0.1, 0.15) is 37.7 Å². The molecule has 4 rings (SSSR count). The lowest BCUT2D eigenvalue weighted by molar-refractivity contribution is 0.0700. The molecule has 2 aromatic carbocycles. The number of aromatic nitrogens is 1. The van der Waals surface area contributed by atoms with Gasteiger partial charge >= 0.3 is 0 Å². The van der Waals surface area contributed by atoms with E-state index < -0.39 is 0 Å². The van der Waals surface area contributed by atoms with E-state index in [1.807, 2.05) is 30.3 Å². The third kappa shape index (κ3) is 4.13. The lowest BCUT2D eigenvalue weighted by atomic mass is 10.1. The zero-order chi connectivity index (χ0) is 20.2. The number of aryl methyl sites for hydroxylation is 1. The molecule has 1 aliphatic heterocycles. The minimum atomic E-state index is -0.240. The van der Waals surface area contributed by atoms with Crippen LogP contribution in [0.4, 0.5) is 0 Å². The molecule has 148 valence electrons. The molecule has 1 N–H and O–H groups in total. The number of rotatable bonds is 4. The highest BCUT2D eigenvalue weighted by Gasteiger charge is 2.25. The summed E-state index contributed by atoms with van der Waals surface area (Å²) in [6.45, 7) is 3.29. The van der Waals surface area contributed by atoms with Crippen molar-refractivity contribution in [3.8, 4) is 5.75 Å². The van der Waals surface area contributed by atoms with E-state index in [0.29, 0.717) is 43.2 Å². The Labute approximate surface area is 168 Å². The number of carbonyl (C=O) groups is 2. The molecule has 1 aliphatic rings. The van der Waals surface area contributed by atoms with E-state index in [1.165, 1.54) is 6.39 Å². The van der Waals surface area contributed by atoms with Gasteiger partial charge in [-0.25, -0.2) is 4.98 Å². The smallest absolute Gasteiger partial charge is 0.291 e. The molecule has 2 heterocycles. The minimum absolute atomic E-state index is 0.176. The van der Waals surface area contributed by atoms with Crippen molar-refractivity contribution in [1.29, 1.82) is 0 Å². The van der Waals surface area contributed by atoms with E-state index in [1.54, 1.807) is 30.0 Å². The third-order valence-electron chi connectivity index (χ3n) is 4.83. The Balaban J connectivity index is 1.50. The second kappa shape index (κ2) is 8.18. The zero-order valence-corrected chi connectivity index (χ0v) is 16.1. The lowest BCUT2D eigenvalue weighted by Gasteiger charge is -2.18. The average molecular weight is 391 g/mol. The van der Waals surface area contributed by atoms with E-state index in [4.69, 9.17) is 9.15 Å². The van der Waals surface area contributed by atoms with E-state index >= 15 is 0 Å². The maximum Gasteiger partial charge on any atom is 0.291 e. The molecule has 0 radical (unpaired) electrons. The number of carbonyl (C=O) groups excluding carboxylic acids is 2. The highest BCUT2D eigenvalue weighted by Crippen LogP contribution is 2.25. The predicted molar refractivity (Wildman–Crippen MR) is 106 cm³/mol. The second-order valence-corrected chi connectivity index (χ2v) is 6.83. The first-order valence-corrected chi connectivity index (χ1v) is 9.39. The highest BCUT2D eigenvalue weighted by atomic mass is 16.5. The van der Waals surface area contributed by atoms with E-state index in [9.17, 15) is 9.59 Å². The second-order valence-electron chi connectivity index (χ2n) is 6.83. The maximum atomic E-state index is 12.8. The van der Waals surface area contributed by atoms with Crippen LogP contribution in [0.25, 0.3) is 0 Å². The summed E-state index contributed by atoms with van der Waals surface area (Å²) in [5.74, 6) is 0.486. The van der Waals surface area contributed by atoms with E-state index in [2.05, 4.69) is 10.3 Å². The fourth-order valence-electron chi connectivity index (χ4n) is 3.24. The maximum absolute atomic E-state index is 12.8. The standard InChI is InChI=1S/C22H21N3O4/c1-15-20(29-14-24-15)22(27)25-9-10-28-19-8-7-17(11-18(19)13-25)21(26)23-12-16-5-3-2-4-6-16/h2-8,11,14H,9-10,12-13H2,1H3,(H,23,26). The summed E-state index contributed by atoms with van der Waals surface area (Å²) in [5.41, 5.74) is 2.88. The Morgan fingerprint density at radius 2 is 2.00 bits per heavy atom. The van der Waals surface area contributed by atoms with Crippen molar-refractivity contribution in [1.82, 2.24) is 15.2 Å². The third-order valence-corrected chi connectivity index (χ3v) is 4.83. The van der Waals surface area contributed by atoms with Gasteiger partial charge in [0.05, 0.1) is 12.2 Å². The molecule has 0 saturated carbocycles. The van der Waals surface area contributed by atoms with Crippen molar-refractivity contribution in [3.05, 3.63) is 83.1 Å². The predicted octanol–water partition coefficient (Wildman–Crippen LogP) is 2.95. The Bertz CT molecular complexity index is 1030. The molecule has 2 amide bonds. The molecule has 0 atom stereocenters. The monoisotopic (exact) mass is 391 g/mol. The largest absolute Gasteiger partial charge is 0.491 e. The van der Waals surface area contributed by atoms with Crippen molar-refractivity contribution < 1.29 is 18.7 Å². The number of ether oxygens (including phenoxy) is 1. The van der Waals surface area contributed by atoms with Crippen LogP contribution in [0, 0.1) is 6.92 Å². The van der Waals surface area contributed by atoms with Gasteiger partial charge in [0.25, 0.3) is 11.8 Å². The molecule has 0 spiro atoms. The van der Waals surface area contributed by atoms with Gasteiger partial charge < -0.3 is 19.4 Å². The molecule has 0 bridgehead atoms. The van der Waals surface area contributed by atoms with Crippen molar-refractivity contribution in [3.63, 3.8) is 0 Å². The number of oxazole rings is 1. The lowest BCUT2D eigenvalue weighted by Crippen LogP contribution is -2.32. The molecule has 29 heavy (non-hydrogen) atoms. The Hall–Kier alpha value is -3.61. The van der Waals surface area contributed by atoms with E-state index in [-0.39, 0.29) is 17.6 Å². The van der Waals surface area contributed by atoms with Crippen LogP contribution in [0.2, 0.25) is 0 Å². The summed E-state index contributed by atoms with van der Waals surface area (Å²) in [6, 6.07) is 15.0. The summed E-state index contributed by atoms with van der Waals surface area (Å²) in [5, 5.41) is 2.92. The van der Waals surface area contributed by atoms with E-state index in [0.717, 1.165) is 11.1 Å². The quantitative estimate of drug-likeness (QED) is 0.739. The minimum Gasteiger partial charge on any atom is -0.491 e. The first kappa shape index (κ1) is 18.7. The molecule has 0 aliphatic carbocycles. The van der Waals surface area contributed by atoms with Crippen molar-refractivity contribution in [2.24, 2.45) is 0 Å². The Kier molecular flexibility index (Phi) is 5.29. The normalized spacial score (nSPS) is 13.2. The van der Waals surface area contributed by atoms with Gasteiger partial charge in [0.15, 0.2) is 6.39 Å². The molecular formula is C22H21N3O4. The summed E-state index contributed by atoms with van der Waals surface area (Å²) in [4.78, 5) is 31.0. The molecule has 3 aromatic rings. The van der Waals surface area contributed by atoms with Gasteiger partial charge in [0.2, 0.25) is 5.76 Å². The average Bonchev–Trinajstić information content (AvgIpc) is 3.06. The first-order chi connectivity index (χ1) is 14.1. The van der Waals surface area contributed by atoms with Crippen molar-refractivity contribution >= 4 is 11.8 Å². The van der Waals surface area contributed by atoms with Gasteiger partial charge in [0.1, 0.15) is 12.4 Å². The summed E-state index contributed by atoms with van der Waals surface area (Å²) in [6.07, 6.45) is 1.26. The number of hydrogen-bond donors (Lipinski definition) is 1. The molecule has 0 unspecified atom stereocenters. The first-order valence-electron chi connectivity index (χ1n) is 9.39. The van der Waals surface area contributed by atoms with Gasteiger partial charge in [0, 0.05) is 24.2 Å². The molecule has 0 saturated heterocycles. The van der Waals surface area contributed by atoms with Gasteiger partial charge in [-0.3, -0.25) is 9.59 Å². The summed E-state index contributed by atoms with van der Waals surface area (Å²) in [7, 11) is 0. The van der Waals surface area contributed by atoms with Crippen LogP contribution in [0.3, 0.4) is 0 Å². The molecule has 0 fully saturated rings. The zero-order valence-electron chi connectivity index (χ0n) is 16.1. The number of fused-ring (bicyclic) bond motifs is 1. The number of benzene rings is 2. The van der Waals surface area contributed by atoms with Gasteiger partial charge in [-0.1, -0.05) is 30.3 Å². The molecule has 7 heteroatoms. The van der Waals surface area contributed by atoms with Crippen LogP contribution in [-0.2, 0) is 13.1 Å². The highest BCUT2D eigenvalue weighted by molar-refractivity contribution is 5.95. The fraction of sp³-hybridized carbons (Fsp3) is 0.227. The van der Waals surface area contributed by atoms with Crippen LogP contribution in [0.15, 0.2) is 59.3 Å². The molecule has 1 aromatic heterocycles. The molecule has 7 nitrogen and oxygen atoms in total. The van der Waals surface area contributed by atoms with Crippen molar-refractivity contribution in [2.75, 3.05) is 13.2 Å². The topological polar surface area (TPSA) is 84.7 Å². The SMILES string of the molecule is Cc1ncoc1C(=O)N1CCOc2ccc(C(=O)NCc3ccccc3)cc2C1. The number of amides is 2. The van der Waals surface area contributed by atoms with Gasteiger partial charge in [-0.05, 0) is 30.7 Å². The molecular weight excluding hydrogens is 370 g/mol. The van der Waals surface area contributed by atoms with Gasteiger partial charge in [-0.15, -0.1) is 0 Å². The number of nitrogens with zero attached hydrogens (tertiary/aromatic N) is 2. The Morgan fingerprint density at radius 3 is 2.76 bits per heavy atom. The van der Waals surface area contributed by atoms with Crippen LogP contribution >= 0.6 is 0 Å². The number of hydrogen-bond acceptors (Lipinski definition) is 5. The van der Waals surface area contributed by atoms with Crippen LogP contribution < -0.4 is 10.1 Å².